The first-order valence-corrected chi connectivity index (χ1v) is 6.69. The molecule has 0 amide bonds. The van der Waals surface area contributed by atoms with Gasteiger partial charge in [-0.1, -0.05) is 20.8 Å². The molecular weight excluding hydrogens is 214 g/mol. The Morgan fingerprint density at radius 2 is 1.94 bits per heavy atom. The van der Waals surface area contributed by atoms with E-state index < -0.39 is 0 Å². The summed E-state index contributed by atoms with van der Waals surface area (Å²) in [5.74, 6) is 1.17. The number of carbonyl (C=O) groups excluding carboxylic acids is 1. The van der Waals surface area contributed by atoms with Crippen LogP contribution in [0.2, 0.25) is 0 Å². The molecule has 0 radical (unpaired) electrons. The summed E-state index contributed by atoms with van der Waals surface area (Å²) >= 11 is 0. The lowest BCUT2D eigenvalue weighted by Gasteiger charge is -2.20. The molecule has 0 saturated heterocycles. The van der Waals surface area contributed by atoms with Crippen molar-refractivity contribution in [3.8, 4) is 0 Å². The van der Waals surface area contributed by atoms with E-state index in [1.165, 1.54) is 12.8 Å². The van der Waals surface area contributed by atoms with Gasteiger partial charge in [0.15, 0.2) is 0 Å². The van der Waals surface area contributed by atoms with Crippen LogP contribution < -0.4 is 0 Å². The van der Waals surface area contributed by atoms with Gasteiger partial charge in [0, 0.05) is 31.5 Å². The lowest BCUT2D eigenvalue weighted by molar-refractivity contribution is -0.126. The van der Waals surface area contributed by atoms with Gasteiger partial charge in [-0.2, -0.15) is 0 Å². The molecule has 17 heavy (non-hydrogen) atoms. The van der Waals surface area contributed by atoms with Crippen LogP contribution in [0.5, 0.6) is 0 Å². The van der Waals surface area contributed by atoms with Crippen molar-refractivity contribution in [2.75, 3.05) is 33.4 Å². The summed E-state index contributed by atoms with van der Waals surface area (Å²) in [7, 11) is 2.05. The molecule has 1 fully saturated rings. The summed E-state index contributed by atoms with van der Waals surface area (Å²) in [5, 5.41) is 0. The van der Waals surface area contributed by atoms with Gasteiger partial charge in [-0.3, -0.25) is 4.79 Å². The minimum atomic E-state index is -0.205. The Bertz CT molecular complexity index is 241. The Labute approximate surface area is 106 Å². The Hall–Kier alpha value is -0.410. The summed E-state index contributed by atoms with van der Waals surface area (Å²) in [4.78, 5) is 13.9. The molecule has 0 aromatic carbocycles. The summed E-state index contributed by atoms with van der Waals surface area (Å²) < 4.78 is 5.58. The monoisotopic (exact) mass is 241 g/mol. The normalized spacial score (nSPS) is 16.5. The molecule has 1 aliphatic rings. The minimum absolute atomic E-state index is 0.205. The second kappa shape index (κ2) is 6.50. The van der Waals surface area contributed by atoms with Crippen molar-refractivity contribution < 1.29 is 9.53 Å². The third-order valence-corrected chi connectivity index (χ3v) is 3.22. The molecule has 0 bridgehead atoms. The summed E-state index contributed by atoms with van der Waals surface area (Å²) in [5.41, 5.74) is -0.205. The fraction of sp³-hybridized carbons (Fsp3) is 0.929. The Morgan fingerprint density at radius 1 is 1.29 bits per heavy atom. The number of ether oxygens (including phenoxy) is 1. The predicted molar refractivity (Wildman–Crippen MR) is 70.1 cm³/mol. The third-order valence-electron chi connectivity index (χ3n) is 3.22. The molecule has 0 N–H and O–H groups in total. The van der Waals surface area contributed by atoms with E-state index in [9.17, 15) is 4.79 Å². The van der Waals surface area contributed by atoms with Crippen LogP contribution in [0, 0.1) is 11.3 Å². The summed E-state index contributed by atoms with van der Waals surface area (Å²) in [6.45, 7) is 9.41. The van der Waals surface area contributed by atoms with Gasteiger partial charge in [0.2, 0.25) is 0 Å². The van der Waals surface area contributed by atoms with Gasteiger partial charge in [0.1, 0.15) is 5.78 Å². The molecule has 1 aliphatic carbocycles. The topological polar surface area (TPSA) is 29.5 Å². The number of ketones is 1. The van der Waals surface area contributed by atoms with Crippen LogP contribution in [0.4, 0.5) is 0 Å². The average molecular weight is 241 g/mol. The molecule has 0 unspecified atom stereocenters. The van der Waals surface area contributed by atoms with Gasteiger partial charge in [-0.05, 0) is 25.8 Å². The van der Waals surface area contributed by atoms with Gasteiger partial charge < -0.3 is 9.64 Å². The highest BCUT2D eigenvalue weighted by atomic mass is 16.5. The number of hydrogen-bond donors (Lipinski definition) is 0. The second-order valence-corrected chi connectivity index (χ2v) is 6.24. The van der Waals surface area contributed by atoms with E-state index in [4.69, 9.17) is 4.74 Å². The van der Waals surface area contributed by atoms with Crippen molar-refractivity contribution in [1.82, 2.24) is 4.90 Å². The zero-order valence-corrected chi connectivity index (χ0v) is 11.8. The first-order chi connectivity index (χ1) is 7.89. The fourth-order valence-electron chi connectivity index (χ4n) is 1.53. The maximum absolute atomic E-state index is 11.7. The van der Waals surface area contributed by atoms with Crippen LogP contribution in [0.1, 0.15) is 40.0 Å². The smallest absolute Gasteiger partial charge is 0.139 e. The van der Waals surface area contributed by atoms with Gasteiger partial charge in [-0.25, -0.2) is 0 Å². The van der Waals surface area contributed by atoms with Crippen molar-refractivity contribution in [2.45, 2.75) is 40.0 Å². The molecular formula is C14H27NO2. The van der Waals surface area contributed by atoms with Crippen LogP contribution >= 0.6 is 0 Å². The molecule has 3 heteroatoms. The van der Waals surface area contributed by atoms with Gasteiger partial charge in [0.25, 0.3) is 0 Å². The minimum Gasteiger partial charge on any atom is -0.380 e. The SMILES string of the molecule is CN(CCOCC1CC1)CCC(=O)C(C)(C)C. The standard InChI is InChI=1S/C14H27NO2/c1-14(2,3)13(16)7-8-15(4)9-10-17-11-12-5-6-12/h12H,5-11H2,1-4H3. The van der Waals surface area contributed by atoms with Crippen molar-refractivity contribution >= 4 is 5.78 Å². The zero-order valence-electron chi connectivity index (χ0n) is 11.8. The quantitative estimate of drug-likeness (QED) is 0.611. The van der Waals surface area contributed by atoms with E-state index in [2.05, 4.69) is 11.9 Å². The van der Waals surface area contributed by atoms with E-state index in [-0.39, 0.29) is 5.41 Å². The van der Waals surface area contributed by atoms with E-state index in [1.807, 2.05) is 20.8 Å². The van der Waals surface area contributed by atoms with Crippen LogP contribution in [-0.4, -0.2) is 44.0 Å². The highest BCUT2D eigenvalue weighted by Gasteiger charge is 2.22. The van der Waals surface area contributed by atoms with E-state index >= 15 is 0 Å². The first-order valence-electron chi connectivity index (χ1n) is 6.69. The van der Waals surface area contributed by atoms with Crippen LogP contribution in [-0.2, 0) is 9.53 Å². The number of likely N-dealkylation sites (N-methyl/N-ethyl adjacent to an activating group) is 1. The molecule has 0 spiro atoms. The fourth-order valence-corrected chi connectivity index (χ4v) is 1.53. The second-order valence-electron chi connectivity index (χ2n) is 6.24. The average Bonchev–Trinajstić information content (AvgIpc) is 3.03. The molecule has 0 aliphatic heterocycles. The Balaban J connectivity index is 1.99. The van der Waals surface area contributed by atoms with Gasteiger partial charge in [0.05, 0.1) is 6.61 Å². The largest absolute Gasteiger partial charge is 0.380 e. The van der Waals surface area contributed by atoms with E-state index in [1.54, 1.807) is 0 Å². The highest BCUT2D eigenvalue weighted by Crippen LogP contribution is 2.28. The number of nitrogens with zero attached hydrogens (tertiary/aromatic N) is 1. The van der Waals surface area contributed by atoms with Crippen molar-refractivity contribution in [2.24, 2.45) is 11.3 Å². The van der Waals surface area contributed by atoms with Crippen LogP contribution in [0.25, 0.3) is 0 Å². The highest BCUT2D eigenvalue weighted by molar-refractivity contribution is 5.83. The molecule has 0 aromatic rings. The lowest BCUT2D eigenvalue weighted by Crippen LogP contribution is -2.29. The predicted octanol–water partition coefficient (Wildman–Crippen LogP) is 2.35. The Morgan fingerprint density at radius 3 is 2.47 bits per heavy atom. The lowest BCUT2D eigenvalue weighted by atomic mass is 9.89. The van der Waals surface area contributed by atoms with Gasteiger partial charge >= 0.3 is 0 Å². The van der Waals surface area contributed by atoms with Crippen molar-refractivity contribution in [3.05, 3.63) is 0 Å². The molecule has 0 aromatic heterocycles. The number of Topliss-reactive ketones (excluding diaryl/α,β-unsaturated/α-hetero) is 1. The van der Waals surface area contributed by atoms with Crippen molar-refractivity contribution in [1.29, 1.82) is 0 Å². The Kier molecular flexibility index (Phi) is 5.60. The molecule has 0 atom stereocenters. The number of carbonyl (C=O) groups is 1. The number of hydrogen-bond acceptors (Lipinski definition) is 3. The molecule has 1 saturated carbocycles. The van der Waals surface area contributed by atoms with Crippen LogP contribution in [0.15, 0.2) is 0 Å². The summed E-state index contributed by atoms with van der Waals surface area (Å²) in [6, 6.07) is 0. The van der Waals surface area contributed by atoms with Gasteiger partial charge in [-0.15, -0.1) is 0 Å². The van der Waals surface area contributed by atoms with E-state index in [0.717, 1.165) is 32.2 Å². The molecule has 3 nitrogen and oxygen atoms in total. The maximum Gasteiger partial charge on any atom is 0.139 e. The summed E-state index contributed by atoms with van der Waals surface area (Å²) in [6.07, 6.45) is 3.33. The molecule has 1 rings (SSSR count). The van der Waals surface area contributed by atoms with E-state index in [0.29, 0.717) is 12.2 Å². The van der Waals surface area contributed by atoms with Crippen molar-refractivity contribution in [3.63, 3.8) is 0 Å². The number of rotatable bonds is 8. The zero-order chi connectivity index (χ0) is 12.9. The molecule has 100 valence electrons. The maximum atomic E-state index is 11.7. The third kappa shape index (κ3) is 6.79. The first kappa shape index (κ1) is 14.7. The molecule has 0 heterocycles. The van der Waals surface area contributed by atoms with Crippen LogP contribution in [0.3, 0.4) is 0 Å².